The Bertz CT molecular complexity index is 1130. The molecule has 0 radical (unpaired) electrons. The zero-order chi connectivity index (χ0) is 21.3. The monoisotopic (exact) mass is 401 g/mol. The highest BCUT2D eigenvalue weighted by molar-refractivity contribution is 6.09. The lowest BCUT2D eigenvalue weighted by molar-refractivity contribution is -0.129. The smallest absolute Gasteiger partial charge is 0.266 e. The molecule has 1 atom stereocenters. The highest BCUT2D eigenvalue weighted by atomic mass is 16.5. The Kier molecular flexibility index (Phi) is 4.91. The van der Waals surface area contributed by atoms with E-state index in [-0.39, 0.29) is 11.9 Å². The van der Waals surface area contributed by atoms with Crippen LogP contribution in [-0.4, -0.2) is 38.0 Å². The molecule has 1 unspecified atom stereocenters. The summed E-state index contributed by atoms with van der Waals surface area (Å²) in [4.78, 5) is 19.4. The second-order valence-electron chi connectivity index (χ2n) is 7.06. The maximum Gasteiger partial charge on any atom is 0.266 e. The fourth-order valence-electron chi connectivity index (χ4n) is 3.80. The molecule has 1 aliphatic heterocycles. The van der Waals surface area contributed by atoms with Gasteiger partial charge in [0.25, 0.3) is 5.91 Å². The molecule has 6 heteroatoms. The molecule has 3 aromatic carbocycles. The summed E-state index contributed by atoms with van der Waals surface area (Å²) in [6.45, 7) is 0. The third-order valence-corrected chi connectivity index (χ3v) is 5.43. The summed E-state index contributed by atoms with van der Waals surface area (Å²) in [6, 6.07) is 23.0. The molecule has 0 saturated carbocycles. The Morgan fingerprint density at radius 2 is 1.50 bits per heavy atom. The summed E-state index contributed by atoms with van der Waals surface area (Å²) in [5.41, 5.74) is 8.23. The average Bonchev–Trinajstić information content (AvgIpc) is 3.04. The summed E-state index contributed by atoms with van der Waals surface area (Å²) >= 11 is 0. The lowest BCUT2D eigenvalue weighted by atomic mass is 9.82. The van der Waals surface area contributed by atoms with E-state index in [2.05, 4.69) is 4.99 Å². The summed E-state index contributed by atoms with van der Waals surface area (Å²) in [5.74, 6) is 1.30. The molecule has 0 bridgehead atoms. The van der Waals surface area contributed by atoms with Gasteiger partial charge in [0.2, 0.25) is 0 Å². The summed E-state index contributed by atoms with van der Waals surface area (Å²) in [7, 11) is 4.85. The molecule has 6 nitrogen and oxygen atoms in total. The number of guanidine groups is 1. The third kappa shape index (κ3) is 2.97. The Balaban J connectivity index is 1.89. The largest absolute Gasteiger partial charge is 0.493 e. The lowest BCUT2D eigenvalue weighted by Gasteiger charge is -2.26. The van der Waals surface area contributed by atoms with Crippen molar-refractivity contribution in [1.29, 1.82) is 0 Å². The maximum absolute atomic E-state index is 13.4. The number of ether oxygens (including phenoxy) is 2. The molecule has 0 spiro atoms. The van der Waals surface area contributed by atoms with E-state index < -0.39 is 5.54 Å². The first-order valence-corrected chi connectivity index (χ1v) is 9.53. The predicted molar refractivity (Wildman–Crippen MR) is 117 cm³/mol. The van der Waals surface area contributed by atoms with E-state index in [1.807, 2.05) is 72.8 Å². The number of methoxy groups -OCH3 is 2. The minimum atomic E-state index is -1.22. The van der Waals surface area contributed by atoms with Crippen LogP contribution >= 0.6 is 0 Å². The Morgan fingerprint density at radius 3 is 2.13 bits per heavy atom. The summed E-state index contributed by atoms with van der Waals surface area (Å²) in [5, 5.41) is 0. The SMILES string of the molecule is COc1ccc(-c2cccc(C3(c4ccccc4)N=C(N)N(C)C3=O)c2)cc1OC. The van der Waals surface area contributed by atoms with Crippen LogP contribution in [0.5, 0.6) is 11.5 Å². The van der Waals surface area contributed by atoms with Gasteiger partial charge in [0.15, 0.2) is 23.0 Å². The summed E-state index contributed by atoms with van der Waals surface area (Å²) in [6.07, 6.45) is 0. The number of aliphatic imine (C=N–C) groups is 1. The van der Waals surface area contributed by atoms with E-state index >= 15 is 0 Å². The number of likely N-dealkylation sites (N-methyl/N-ethyl adjacent to an activating group) is 1. The standard InChI is InChI=1S/C24H23N3O3/c1-27-22(28)24(26-23(27)25,18-9-5-4-6-10-18)19-11-7-8-16(14-19)17-12-13-20(29-2)21(15-17)30-3/h4-15H,1-3H3,(H2,25,26). The molecule has 4 rings (SSSR count). The van der Waals surface area contributed by atoms with Crippen LogP contribution in [0.4, 0.5) is 0 Å². The van der Waals surface area contributed by atoms with Crippen molar-refractivity contribution in [3.05, 3.63) is 83.9 Å². The van der Waals surface area contributed by atoms with Crippen LogP contribution in [0.25, 0.3) is 11.1 Å². The number of hydrogen-bond acceptors (Lipinski definition) is 5. The van der Waals surface area contributed by atoms with E-state index in [9.17, 15) is 4.79 Å². The number of amides is 1. The molecule has 0 fully saturated rings. The topological polar surface area (TPSA) is 77.2 Å². The highest BCUT2D eigenvalue weighted by Crippen LogP contribution is 2.41. The van der Waals surface area contributed by atoms with E-state index in [0.29, 0.717) is 11.5 Å². The first-order chi connectivity index (χ1) is 14.5. The van der Waals surface area contributed by atoms with Crippen LogP contribution in [0.2, 0.25) is 0 Å². The zero-order valence-corrected chi connectivity index (χ0v) is 17.1. The minimum Gasteiger partial charge on any atom is -0.493 e. The predicted octanol–water partition coefficient (Wildman–Crippen LogP) is 3.40. The number of hydrogen-bond donors (Lipinski definition) is 1. The number of carbonyl (C=O) groups excluding carboxylic acids is 1. The van der Waals surface area contributed by atoms with Crippen LogP contribution in [0.15, 0.2) is 77.8 Å². The molecular formula is C24H23N3O3. The zero-order valence-electron chi connectivity index (χ0n) is 17.1. The second-order valence-corrected chi connectivity index (χ2v) is 7.06. The molecule has 1 heterocycles. The molecule has 1 amide bonds. The molecule has 0 saturated heterocycles. The van der Waals surface area contributed by atoms with Crippen molar-refractivity contribution in [2.24, 2.45) is 10.7 Å². The van der Waals surface area contributed by atoms with Crippen LogP contribution in [0.1, 0.15) is 11.1 Å². The number of nitrogens with two attached hydrogens (primary N) is 1. The highest BCUT2D eigenvalue weighted by Gasteiger charge is 2.49. The van der Waals surface area contributed by atoms with E-state index in [1.54, 1.807) is 21.3 Å². The first kappa shape index (κ1) is 19.5. The van der Waals surface area contributed by atoms with Gasteiger partial charge in [0, 0.05) is 7.05 Å². The normalized spacial score (nSPS) is 18.3. The quantitative estimate of drug-likeness (QED) is 0.711. The van der Waals surface area contributed by atoms with Crippen LogP contribution < -0.4 is 15.2 Å². The van der Waals surface area contributed by atoms with Gasteiger partial charge in [0.1, 0.15) is 0 Å². The van der Waals surface area contributed by atoms with Gasteiger partial charge in [-0.1, -0.05) is 54.6 Å². The Morgan fingerprint density at radius 1 is 0.833 bits per heavy atom. The molecule has 0 aromatic heterocycles. The fraction of sp³-hybridized carbons (Fsp3) is 0.167. The number of benzene rings is 3. The fourth-order valence-corrected chi connectivity index (χ4v) is 3.80. The minimum absolute atomic E-state index is 0.185. The van der Waals surface area contributed by atoms with Crippen molar-refractivity contribution in [3.63, 3.8) is 0 Å². The van der Waals surface area contributed by atoms with Gasteiger partial charge in [0.05, 0.1) is 14.2 Å². The third-order valence-electron chi connectivity index (χ3n) is 5.43. The maximum atomic E-state index is 13.4. The molecule has 3 aromatic rings. The van der Waals surface area contributed by atoms with E-state index in [0.717, 1.165) is 22.3 Å². The van der Waals surface area contributed by atoms with Gasteiger partial charge < -0.3 is 15.2 Å². The number of carbonyl (C=O) groups is 1. The van der Waals surface area contributed by atoms with Gasteiger partial charge in [-0.3, -0.25) is 9.69 Å². The van der Waals surface area contributed by atoms with Crippen LogP contribution in [-0.2, 0) is 10.3 Å². The summed E-state index contributed by atoms with van der Waals surface area (Å²) < 4.78 is 10.8. The van der Waals surface area contributed by atoms with Crippen molar-refractivity contribution in [2.75, 3.05) is 21.3 Å². The van der Waals surface area contributed by atoms with Gasteiger partial charge in [-0.25, -0.2) is 4.99 Å². The average molecular weight is 401 g/mol. The molecule has 0 aliphatic carbocycles. The van der Waals surface area contributed by atoms with Gasteiger partial charge in [-0.05, 0) is 40.5 Å². The second kappa shape index (κ2) is 7.55. The van der Waals surface area contributed by atoms with Gasteiger partial charge in [-0.15, -0.1) is 0 Å². The molecule has 152 valence electrons. The number of nitrogens with zero attached hydrogens (tertiary/aromatic N) is 2. The van der Waals surface area contributed by atoms with Crippen molar-refractivity contribution in [3.8, 4) is 22.6 Å². The lowest BCUT2D eigenvalue weighted by Crippen LogP contribution is -2.41. The number of rotatable bonds is 5. The Labute approximate surface area is 175 Å². The van der Waals surface area contributed by atoms with Crippen molar-refractivity contribution < 1.29 is 14.3 Å². The van der Waals surface area contributed by atoms with Gasteiger partial charge >= 0.3 is 0 Å². The van der Waals surface area contributed by atoms with Crippen molar-refractivity contribution in [2.45, 2.75) is 5.54 Å². The first-order valence-electron chi connectivity index (χ1n) is 9.53. The molecule has 2 N–H and O–H groups in total. The van der Waals surface area contributed by atoms with E-state index in [4.69, 9.17) is 15.2 Å². The molecule has 1 aliphatic rings. The molecule has 30 heavy (non-hydrogen) atoms. The van der Waals surface area contributed by atoms with Crippen LogP contribution in [0, 0.1) is 0 Å². The van der Waals surface area contributed by atoms with E-state index in [1.165, 1.54) is 4.90 Å². The van der Waals surface area contributed by atoms with Crippen molar-refractivity contribution >= 4 is 11.9 Å². The van der Waals surface area contributed by atoms with Crippen LogP contribution in [0.3, 0.4) is 0 Å². The Hall–Kier alpha value is -3.80. The van der Waals surface area contributed by atoms with Crippen molar-refractivity contribution in [1.82, 2.24) is 4.90 Å². The molecular weight excluding hydrogens is 378 g/mol. The van der Waals surface area contributed by atoms with Gasteiger partial charge in [-0.2, -0.15) is 0 Å².